The number of benzene rings is 1. The smallest absolute Gasteiger partial charge is 0.244 e. The van der Waals surface area contributed by atoms with Gasteiger partial charge in [0.15, 0.2) is 0 Å². The first-order valence-electron chi connectivity index (χ1n) is 5.68. The van der Waals surface area contributed by atoms with E-state index < -0.39 is 15.6 Å². The van der Waals surface area contributed by atoms with Crippen molar-refractivity contribution in [3.8, 4) is 0 Å². The molecule has 0 spiro atoms. The maximum Gasteiger partial charge on any atom is 0.244 e. The Morgan fingerprint density at radius 1 is 1.26 bits per heavy atom. The molecule has 0 amide bonds. The van der Waals surface area contributed by atoms with E-state index in [1.54, 1.807) is 6.92 Å². The third-order valence-electron chi connectivity index (χ3n) is 3.22. The van der Waals surface area contributed by atoms with Gasteiger partial charge in [0.2, 0.25) is 16.3 Å². The Morgan fingerprint density at radius 3 is 2.37 bits per heavy atom. The first kappa shape index (κ1) is 14.8. The molecule has 1 aliphatic rings. The number of rotatable bonds is 3. The van der Waals surface area contributed by atoms with Gasteiger partial charge in [-0.25, -0.2) is 8.42 Å². The molecular formula is C12H12Cl2NO3S. The molecule has 1 fully saturated rings. The zero-order chi connectivity index (χ0) is 14.3. The predicted molar refractivity (Wildman–Crippen MR) is 73.7 cm³/mol. The third kappa shape index (κ3) is 2.65. The van der Waals surface area contributed by atoms with Crippen LogP contribution in [0.15, 0.2) is 23.1 Å². The second-order valence-electron chi connectivity index (χ2n) is 4.66. The summed E-state index contributed by atoms with van der Waals surface area (Å²) in [5.74, 6) is 0. The lowest BCUT2D eigenvalue weighted by Gasteiger charge is -2.28. The molecule has 103 valence electrons. The number of sulfonamides is 1. The topological polar surface area (TPSA) is 54.5 Å². The minimum absolute atomic E-state index is 0.00613. The van der Waals surface area contributed by atoms with E-state index >= 15 is 0 Å². The molecular weight excluding hydrogens is 309 g/mol. The van der Waals surface area contributed by atoms with E-state index in [0.717, 1.165) is 4.31 Å². The lowest BCUT2D eigenvalue weighted by molar-refractivity contribution is 0.335. The maximum absolute atomic E-state index is 12.5. The molecule has 0 N–H and O–H groups in total. The molecule has 1 aromatic rings. The van der Waals surface area contributed by atoms with Gasteiger partial charge < -0.3 is 0 Å². The minimum Gasteiger partial charge on any atom is -0.289 e. The molecule has 1 saturated heterocycles. The van der Waals surface area contributed by atoms with Gasteiger partial charge in [0.25, 0.3) is 0 Å². The highest BCUT2D eigenvalue weighted by Gasteiger charge is 2.45. The minimum atomic E-state index is -3.80. The van der Waals surface area contributed by atoms with Crippen molar-refractivity contribution in [3.05, 3.63) is 28.2 Å². The van der Waals surface area contributed by atoms with Gasteiger partial charge in [0, 0.05) is 16.6 Å². The summed E-state index contributed by atoms with van der Waals surface area (Å²) >= 11 is 11.6. The van der Waals surface area contributed by atoms with Crippen molar-refractivity contribution in [1.82, 2.24) is 4.31 Å². The Balaban J connectivity index is 2.51. The molecule has 0 bridgehead atoms. The van der Waals surface area contributed by atoms with Crippen LogP contribution in [0.25, 0.3) is 0 Å². The molecule has 4 nitrogen and oxygen atoms in total. The molecule has 1 atom stereocenters. The number of carbonyl (C=O) groups excluding carboxylic acids is 1. The average Bonchev–Trinajstić information content (AvgIpc) is 2.71. The lowest BCUT2D eigenvalue weighted by atomic mass is 10.0. The summed E-state index contributed by atoms with van der Waals surface area (Å²) in [6.07, 6.45) is 2.91. The van der Waals surface area contributed by atoms with Gasteiger partial charge in [-0.3, -0.25) is 4.79 Å². The van der Waals surface area contributed by atoms with E-state index in [0.29, 0.717) is 12.8 Å². The van der Waals surface area contributed by atoms with E-state index in [1.165, 1.54) is 18.2 Å². The van der Waals surface area contributed by atoms with Crippen molar-refractivity contribution < 1.29 is 13.2 Å². The first-order valence-corrected chi connectivity index (χ1v) is 7.87. The summed E-state index contributed by atoms with van der Waals surface area (Å²) < 4.78 is 26.2. The van der Waals surface area contributed by atoms with Crippen LogP contribution in [0.2, 0.25) is 10.0 Å². The first-order chi connectivity index (χ1) is 8.79. The fourth-order valence-corrected chi connectivity index (χ4v) is 4.72. The molecule has 2 rings (SSSR count). The van der Waals surface area contributed by atoms with Crippen LogP contribution in [0.1, 0.15) is 19.8 Å². The Kier molecular flexibility index (Phi) is 3.93. The molecule has 1 aliphatic heterocycles. The monoisotopic (exact) mass is 320 g/mol. The van der Waals surface area contributed by atoms with Gasteiger partial charge in [0.1, 0.15) is 0 Å². The molecule has 0 aliphatic carbocycles. The van der Waals surface area contributed by atoms with E-state index in [9.17, 15) is 13.2 Å². The largest absolute Gasteiger partial charge is 0.289 e. The molecule has 0 unspecified atom stereocenters. The van der Waals surface area contributed by atoms with Gasteiger partial charge in [-0.1, -0.05) is 23.2 Å². The van der Waals surface area contributed by atoms with Crippen LogP contribution in [0, 0.1) is 0 Å². The van der Waals surface area contributed by atoms with Crippen molar-refractivity contribution in [2.45, 2.75) is 30.2 Å². The fourth-order valence-electron chi connectivity index (χ4n) is 2.23. The van der Waals surface area contributed by atoms with Gasteiger partial charge in [-0.2, -0.15) is 4.31 Å². The normalized spacial score (nSPS) is 24.6. The van der Waals surface area contributed by atoms with Crippen molar-refractivity contribution in [1.29, 1.82) is 0 Å². The maximum atomic E-state index is 12.5. The summed E-state index contributed by atoms with van der Waals surface area (Å²) in [7, 11) is -3.80. The van der Waals surface area contributed by atoms with Crippen molar-refractivity contribution in [2.75, 3.05) is 6.54 Å². The van der Waals surface area contributed by atoms with Crippen LogP contribution in [-0.4, -0.2) is 31.1 Å². The van der Waals surface area contributed by atoms with E-state index in [1.807, 2.05) is 6.29 Å². The van der Waals surface area contributed by atoms with Crippen LogP contribution in [0.5, 0.6) is 0 Å². The van der Waals surface area contributed by atoms with Crippen LogP contribution < -0.4 is 0 Å². The van der Waals surface area contributed by atoms with Gasteiger partial charge in [0.05, 0.1) is 10.4 Å². The third-order valence-corrected chi connectivity index (χ3v) is 5.65. The van der Waals surface area contributed by atoms with Crippen molar-refractivity contribution in [2.24, 2.45) is 0 Å². The lowest BCUT2D eigenvalue weighted by Crippen LogP contribution is -2.46. The van der Waals surface area contributed by atoms with Gasteiger partial charge >= 0.3 is 0 Å². The number of nitrogens with zero attached hydrogens (tertiary/aromatic N) is 1. The van der Waals surface area contributed by atoms with Gasteiger partial charge in [-0.05, 0) is 38.0 Å². The SMILES string of the molecule is C[C@@]1([C]=O)CCCN1S(=O)(=O)c1cc(Cl)cc(Cl)c1. The highest BCUT2D eigenvalue weighted by molar-refractivity contribution is 7.89. The second-order valence-corrected chi connectivity index (χ2v) is 7.40. The van der Waals surface area contributed by atoms with Gasteiger partial charge in [-0.15, -0.1) is 0 Å². The average molecular weight is 321 g/mol. The Labute approximate surface area is 122 Å². The highest BCUT2D eigenvalue weighted by Crippen LogP contribution is 2.34. The summed E-state index contributed by atoms with van der Waals surface area (Å²) in [5.41, 5.74) is -1.12. The molecule has 19 heavy (non-hydrogen) atoms. The van der Waals surface area contributed by atoms with Crippen LogP contribution in [0.3, 0.4) is 0 Å². The van der Waals surface area contributed by atoms with Crippen LogP contribution in [0.4, 0.5) is 0 Å². The Morgan fingerprint density at radius 2 is 1.84 bits per heavy atom. The highest BCUT2D eigenvalue weighted by atomic mass is 35.5. The van der Waals surface area contributed by atoms with E-state index in [4.69, 9.17) is 23.2 Å². The van der Waals surface area contributed by atoms with E-state index in [-0.39, 0.29) is 21.5 Å². The molecule has 0 aromatic heterocycles. The second kappa shape index (κ2) is 5.05. The summed E-state index contributed by atoms with van der Waals surface area (Å²) in [6, 6.07) is 4.11. The number of hydrogen-bond acceptors (Lipinski definition) is 3. The van der Waals surface area contributed by atoms with Crippen LogP contribution >= 0.6 is 23.2 Å². The summed E-state index contributed by atoms with van der Waals surface area (Å²) in [6.45, 7) is 1.86. The van der Waals surface area contributed by atoms with Crippen molar-refractivity contribution in [3.63, 3.8) is 0 Å². The molecule has 1 radical (unpaired) electrons. The standard InChI is InChI=1S/C12H12Cl2NO3S/c1-12(8-16)3-2-4-15(12)19(17,18)11-6-9(13)5-10(14)7-11/h5-7H,2-4H2,1H3/t12-/m0/s1. The predicted octanol–water partition coefficient (Wildman–Crippen LogP) is 2.65. The van der Waals surface area contributed by atoms with E-state index in [2.05, 4.69) is 0 Å². The molecule has 1 aromatic carbocycles. The Bertz CT molecular complexity index is 597. The zero-order valence-corrected chi connectivity index (χ0v) is 12.5. The summed E-state index contributed by atoms with van der Waals surface area (Å²) in [5, 5.41) is 0.476. The molecule has 7 heteroatoms. The number of hydrogen-bond donors (Lipinski definition) is 0. The fraction of sp³-hybridized carbons (Fsp3) is 0.417. The molecule has 0 saturated carbocycles. The number of halogens is 2. The van der Waals surface area contributed by atoms with Crippen molar-refractivity contribution >= 4 is 39.5 Å². The van der Waals surface area contributed by atoms with Crippen LogP contribution in [-0.2, 0) is 14.8 Å². The summed E-state index contributed by atoms with van der Waals surface area (Å²) in [4.78, 5) is 11.1. The zero-order valence-electron chi connectivity index (χ0n) is 10.2. The molecule has 1 heterocycles. The Hall–Kier alpha value is -0.620. The quantitative estimate of drug-likeness (QED) is 0.860.